The Morgan fingerprint density at radius 3 is 2.74 bits per heavy atom. The summed E-state index contributed by atoms with van der Waals surface area (Å²) in [5.74, 6) is 0.861. The number of benzene rings is 1. The minimum atomic E-state index is 0.0420. The first kappa shape index (κ1) is 16.7. The molecule has 0 atom stereocenters. The molecule has 2 aliphatic rings. The maximum atomic E-state index is 12.7. The molecule has 0 amide bonds. The van der Waals surface area contributed by atoms with Crippen LogP contribution < -0.4 is 10.2 Å². The molecule has 6 heteroatoms. The number of thiazole rings is 1. The van der Waals surface area contributed by atoms with Crippen molar-refractivity contribution >= 4 is 28.0 Å². The Labute approximate surface area is 160 Å². The van der Waals surface area contributed by atoms with Crippen LogP contribution in [0, 0.1) is 6.92 Å². The van der Waals surface area contributed by atoms with E-state index in [1.165, 1.54) is 11.3 Å². The summed E-state index contributed by atoms with van der Waals surface area (Å²) >= 11 is 1.44. The number of aromatic nitrogens is 2. The molecule has 5 nitrogen and oxygen atoms in total. The fourth-order valence-corrected chi connectivity index (χ4v) is 5.06. The number of pyridine rings is 1. The number of methoxy groups -OCH3 is 1. The summed E-state index contributed by atoms with van der Waals surface area (Å²) in [5.41, 5.74) is 3.39. The zero-order valence-electron chi connectivity index (χ0n) is 15.4. The summed E-state index contributed by atoms with van der Waals surface area (Å²) in [6.45, 7) is 1.86. The molecule has 0 spiro atoms. The van der Waals surface area contributed by atoms with Gasteiger partial charge in [-0.2, -0.15) is 0 Å². The third-order valence-electron chi connectivity index (χ3n) is 5.47. The van der Waals surface area contributed by atoms with E-state index in [2.05, 4.69) is 4.57 Å². The van der Waals surface area contributed by atoms with Crippen molar-refractivity contribution in [3.05, 3.63) is 44.7 Å². The van der Waals surface area contributed by atoms with Crippen molar-refractivity contribution in [3.63, 3.8) is 0 Å². The molecular formula is C21H20N2O3S. The quantitative estimate of drug-likeness (QED) is 0.680. The number of ether oxygens (including phenoxy) is 1. The van der Waals surface area contributed by atoms with Crippen LogP contribution in [-0.2, 0) is 6.42 Å². The second-order valence-electron chi connectivity index (χ2n) is 7.39. The van der Waals surface area contributed by atoms with Crippen molar-refractivity contribution in [2.75, 3.05) is 7.11 Å². The number of nitrogens with zero attached hydrogens (tertiary/aromatic N) is 2. The van der Waals surface area contributed by atoms with Gasteiger partial charge in [0.1, 0.15) is 5.01 Å². The highest BCUT2D eigenvalue weighted by Crippen LogP contribution is 2.44. The van der Waals surface area contributed by atoms with Gasteiger partial charge in [0.25, 0.3) is 0 Å². The topological polar surface area (TPSA) is 61.2 Å². The number of carbonyl (C=O) groups is 1. The van der Waals surface area contributed by atoms with Gasteiger partial charge >= 0.3 is 0 Å². The van der Waals surface area contributed by atoms with Gasteiger partial charge in [-0.05, 0) is 44.7 Å². The van der Waals surface area contributed by atoms with Gasteiger partial charge in [-0.1, -0.05) is 0 Å². The minimum absolute atomic E-state index is 0.0420. The van der Waals surface area contributed by atoms with Crippen LogP contribution in [0.4, 0.5) is 0 Å². The van der Waals surface area contributed by atoms with E-state index in [0.717, 1.165) is 57.9 Å². The van der Waals surface area contributed by atoms with Crippen LogP contribution in [-0.4, -0.2) is 22.4 Å². The fourth-order valence-electron chi connectivity index (χ4n) is 3.95. The molecule has 0 radical (unpaired) electrons. The predicted octanol–water partition coefficient (Wildman–Crippen LogP) is 4.30. The standard InChI is InChI=1S/C21H20N2O3S/c1-11-10-23(12-6-7-12)17-13(18(11)25)8-9-14(19(17)26-2)21-22-15-4-3-5-16(24)20(15)27-21/h8-10,12H,3-7H2,1-2H3. The van der Waals surface area contributed by atoms with Crippen molar-refractivity contribution in [2.45, 2.75) is 45.1 Å². The number of fused-ring (bicyclic) bond motifs is 2. The van der Waals surface area contributed by atoms with Crippen LogP contribution in [0.5, 0.6) is 5.75 Å². The molecule has 0 unspecified atom stereocenters. The minimum Gasteiger partial charge on any atom is -0.494 e. The highest BCUT2D eigenvalue weighted by atomic mass is 32.1. The smallest absolute Gasteiger partial charge is 0.192 e. The highest BCUT2D eigenvalue weighted by molar-refractivity contribution is 7.17. The monoisotopic (exact) mass is 380 g/mol. The Kier molecular flexibility index (Phi) is 3.72. The third-order valence-corrected chi connectivity index (χ3v) is 6.64. The van der Waals surface area contributed by atoms with Gasteiger partial charge in [0, 0.05) is 29.6 Å². The summed E-state index contributed by atoms with van der Waals surface area (Å²) in [7, 11) is 1.64. The number of ketones is 1. The number of aryl methyl sites for hydroxylation is 2. The molecule has 2 aromatic heterocycles. The number of carbonyl (C=O) groups excluding carboxylic acids is 1. The van der Waals surface area contributed by atoms with Crippen molar-refractivity contribution < 1.29 is 9.53 Å². The summed E-state index contributed by atoms with van der Waals surface area (Å²) in [4.78, 5) is 30.5. The number of hydrogen-bond acceptors (Lipinski definition) is 5. The summed E-state index contributed by atoms with van der Waals surface area (Å²) in [6.07, 6.45) is 6.49. The van der Waals surface area contributed by atoms with E-state index < -0.39 is 0 Å². The van der Waals surface area contributed by atoms with Crippen molar-refractivity contribution in [1.29, 1.82) is 0 Å². The van der Waals surface area contributed by atoms with Gasteiger partial charge in [-0.25, -0.2) is 4.98 Å². The molecule has 0 aliphatic heterocycles. The van der Waals surface area contributed by atoms with E-state index in [9.17, 15) is 9.59 Å². The van der Waals surface area contributed by atoms with Crippen molar-refractivity contribution in [2.24, 2.45) is 0 Å². The predicted molar refractivity (Wildman–Crippen MR) is 106 cm³/mol. The second kappa shape index (κ2) is 6.02. The third kappa shape index (κ3) is 2.54. The maximum absolute atomic E-state index is 12.7. The Morgan fingerprint density at radius 2 is 2.04 bits per heavy atom. The van der Waals surface area contributed by atoms with Gasteiger partial charge in [-0.3, -0.25) is 9.59 Å². The number of hydrogen-bond donors (Lipinski definition) is 0. The maximum Gasteiger partial charge on any atom is 0.192 e. The Morgan fingerprint density at radius 1 is 1.22 bits per heavy atom. The molecule has 1 saturated carbocycles. The molecule has 27 heavy (non-hydrogen) atoms. The first-order valence-corrected chi connectivity index (χ1v) is 10.2. The van der Waals surface area contributed by atoms with Gasteiger partial charge in [0.2, 0.25) is 0 Å². The Bertz CT molecular complexity index is 1150. The van der Waals surface area contributed by atoms with Crippen molar-refractivity contribution in [3.8, 4) is 16.3 Å². The van der Waals surface area contributed by atoms with E-state index in [0.29, 0.717) is 23.6 Å². The SMILES string of the molecule is COc1c(-c2nc3c(s2)C(=O)CCC3)ccc2c(=O)c(C)cn(C3CC3)c12. The molecule has 1 aromatic carbocycles. The van der Waals surface area contributed by atoms with Crippen LogP contribution in [0.3, 0.4) is 0 Å². The average molecular weight is 380 g/mol. The van der Waals surface area contributed by atoms with Crippen LogP contribution >= 0.6 is 11.3 Å². The molecule has 138 valence electrons. The molecule has 0 N–H and O–H groups in total. The Hall–Kier alpha value is -2.47. The van der Waals surface area contributed by atoms with Gasteiger partial charge < -0.3 is 9.30 Å². The molecule has 1 fully saturated rings. The largest absolute Gasteiger partial charge is 0.494 e. The summed E-state index contributed by atoms with van der Waals surface area (Å²) in [6, 6.07) is 4.21. The molecule has 5 rings (SSSR count). The Balaban J connectivity index is 1.79. The van der Waals surface area contributed by atoms with E-state index in [-0.39, 0.29) is 11.2 Å². The first-order chi connectivity index (χ1) is 13.1. The van der Waals surface area contributed by atoms with Crippen LogP contribution in [0.1, 0.15) is 52.7 Å². The van der Waals surface area contributed by atoms with Crippen LogP contribution in [0.25, 0.3) is 21.5 Å². The normalized spacial score (nSPS) is 16.6. The highest BCUT2D eigenvalue weighted by Gasteiger charge is 2.29. The zero-order valence-corrected chi connectivity index (χ0v) is 16.2. The van der Waals surface area contributed by atoms with E-state index in [1.807, 2.05) is 25.3 Å². The lowest BCUT2D eigenvalue weighted by atomic mass is 10.0. The first-order valence-electron chi connectivity index (χ1n) is 9.34. The van der Waals surface area contributed by atoms with E-state index >= 15 is 0 Å². The summed E-state index contributed by atoms with van der Waals surface area (Å²) in [5, 5.41) is 1.48. The molecular weight excluding hydrogens is 360 g/mol. The van der Waals surface area contributed by atoms with E-state index in [4.69, 9.17) is 9.72 Å². The van der Waals surface area contributed by atoms with E-state index in [1.54, 1.807) is 7.11 Å². The fraction of sp³-hybridized carbons (Fsp3) is 0.381. The summed E-state index contributed by atoms with van der Waals surface area (Å²) < 4.78 is 7.99. The van der Waals surface area contributed by atoms with Crippen LogP contribution in [0.15, 0.2) is 23.1 Å². The van der Waals surface area contributed by atoms with Gasteiger partial charge in [0.15, 0.2) is 17.0 Å². The zero-order chi connectivity index (χ0) is 18.7. The number of Topliss-reactive ketones (excluding diaryl/α,β-unsaturated/α-hetero) is 1. The average Bonchev–Trinajstić information content (AvgIpc) is 3.42. The van der Waals surface area contributed by atoms with Gasteiger partial charge in [-0.15, -0.1) is 11.3 Å². The lowest BCUT2D eigenvalue weighted by Gasteiger charge is -2.16. The molecule has 2 heterocycles. The van der Waals surface area contributed by atoms with Crippen molar-refractivity contribution in [1.82, 2.24) is 9.55 Å². The molecule has 0 saturated heterocycles. The number of rotatable bonds is 3. The second-order valence-corrected chi connectivity index (χ2v) is 8.39. The van der Waals surface area contributed by atoms with Gasteiger partial charge in [0.05, 0.1) is 28.8 Å². The lowest BCUT2D eigenvalue weighted by molar-refractivity contribution is 0.0976. The molecule has 0 bridgehead atoms. The molecule has 2 aliphatic carbocycles. The lowest BCUT2D eigenvalue weighted by Crippen LogP contribution is -2.13. The van der Waals surface area contributed by atoms with Crippen LogP contribution in [0.2, 0.25) is 0 Å². The molecule has 3 aromatic rings.